The van der Waals surface area contributed by atoms with Crippen molar-refractivity contribution >= 4 is 27.8 Å². The van der Waals surface area contributed by atoms with Gasteiger partial charge in [-0.25, -0.2) is 0 Å². The molecule has 0 amide bonds. The van der Waals surface area contributed by atoms with Gasteiger partial charge in [-0.3, -0.25) is 0 Å². The van der Waals surface area contributed by atoms with E-state index in [1.807, 2.05) is 78.9 Å². The van der Waals surface area contributed by atoms with Gasteiger partial charge in [0, 0.05) is 47.9 Å². The zero-order chi connectivity index (χ0) is 57.0. The van der Waals surface area contributed by atoms with E-state index in [0.29, 0.717) is 22.4 Å². The summed E-state index contributed by atoms with van der Waals surface area (Å²) >= 11 is 0. The largest absolute Gasteiger partial charge is 0.456 e. The average Bonchev–Trinajstić information content (AvgIpc) is 1.85. The minimum absolute atomic E-state index is 0.0805. The summed E-state index contributed by atoms with van der Waals surface area (Å²) < 4.78 is 206. The van der Waals surface area contributed by atoms with Crippen molar-refractivity contribution in [3.05, 3.63) is 211 Å². The molecule has 9 aromatic rings. The maximum Gasteiger partial charge on any atom is 0.137 e. The highest BCUT2D eigenvalue weighted by Gasteiger charge is 2.36. The van der Waals surface area contributed by atoms with Crippen LogP contribution in [-0.4, -0.2) is 0 Å². The number of nitrogens with zero attached hydrogens (tertiary/aromatic N) is 1. The molecular weight excluding hydrogens is 691 g/mol. The first-order valence-corrected chi connectivity index (χ1v) is 17.9. The second kappa shape index (κ2) is 13.0. The third kappa shape index (κ3) is 5.48. The average molecular weight is 752 g/mol. The maximum atomic E-state index is 10.1. The second-order valence-corrected chi connectivity index (χ2v) is 13.6. The van der Waals surface area contributed by atoms with Crippen molar-refractivity contribution in [2.75, 3.05) is 4.90 Å². The molecule has 0 fully saturated rings. The minimum Gasteiger partial charge on any atom is -0.456 e. The first-order chi connectivity index (χ1) is 37.2. The van der Waals surface area contributed by atoms with Crippen molar-refractivity contribution in [1.82, 2.24) is 0 Å². The number of anilines is 3. The van der Waals surface area contributed by atoms with Crippen molar-refractivity contribution in [2.45, 2.75) is 19.1 Å². The molecule has 0 atom stereocenters. The summed E-state index contributed by atoms with van der Waals surface area (Å²) in [4.78, 5) is 0.840. The fourth-order valence-electron chi connectivity index (χ4n) is 7.57. The van der Waals surface area contributed by atoms with Gasteiger partial charge >= 0.3 is 0 Å². The molecule has 1 aliphatic heterocycles. The molecule has 2 nitrogen and oxygen atoms in total. The van der Waals surface area contributed by atoms with Crippen LogP contribution in [0.5, 0.6) is 11.5 Å². The number of rotatable bonds is 5. The molecule has 0 aromatic heterocycles. The van der Waals surface area contributed by atoms with Crippen LogP contribution in [0.15, 0.2) is 200 Å². The summed E-state index contributed by atoms with van der Waals surface area (Å²) in [6.07, 6.45) is 0. The second-order valence-electron chi connectivity index (χ2n) is 13.6. The number of benzene rings is 9. The van der Waals surface area contributed by atoms with Gasteiger partial charge in [0.05, 0.1) is 21.9 Å². The molecule has 0 saturated heterocycles. The Bertz CT molecular complexity index is 4100. The molecule has 2 aliphatic rings. The molecule has 57 heavy (non-hydrogen) atoms. The van der Waals surface area contributed by atoms with E-state index in [2.05, 4.69) is 0 Å². The Labute approximate surface area is 364 Å². The first kappa shape index (κ1) is 17.7. The van der Waals surface area contributed by atoms with Crippen LogP contribution in [0.2, 0.25) is 0 Å². The van der Waals surface area contributed by atoms with Crippen LogP contribution >= 0.6 is 0 Å². The van der Waals surface area contributed by atoms with Gasteiger partial charge < -0.3 is 9.64 Å². The molecule has 11 rings (SSSR count). The van der Waals surface area contributed by atoms with Crippen molar-refractivity contribution in [2.24, 2.45) is 0 Å². The third-order valence-electron chi connectivity index (χ3n) is 10.3. The van der Waals surface area contributed by atoms with Gasteiger partial charge in [0.1, 0.15) is 11.5 Å². The predicted octanol–water partition coefficient (Wildman–Crippen LogP) is 15.4. The lowest BCUT2D eigenvalue weighted by atomic mass is 9.82. The van der Waals surface area contributed by atoms with Gasteiger partial charge in [0.2, 0.25) is 0 Å². The van der Waals surface area contributed by atoms with Gasteiger partial charge in [-0.2, -0.15) is 0 Å². The smallest absolute Gasteiger partial charge is 0.137 e. The molecule has 1 heterocycles. The van der Waals surface area contributed by atoms with Crippen LogP contribution in [0.3, 0.4) is 0 Å². The SMILES string of the molecule is [2H]c1c([2H])c([2H])c(-c2c([2H])c([2H])c(N(c3ccc4c(c3)Oc3ccc(-c5ccccc5)cc3-c3cc5ccccc5cc3-4)c3c([2H])c([2H])c4c(c3[2H])C(C([2H])([2H])[2H])(C([2H])([2H])[2H])c3c([2H])c([2H])c([2H])c([2H])c3-4)c([2H])c2[2H])c([2H])c1[2H]. The Morgan fingerprint density at radius 2 is 1.12 bits per heavy atom. The molecule has 270 valence electrons. The monoisotopic (exact) mass is 751 g/mol. The first-order valence-electron chi connectivity index (χ1n) is 28.9. The summed E-state index contributed by atoms with van der Waals surface area (Å²) in [5.41, 5.74) is -6.01. The van der Waals surface area contributed by atoms with Crippen LogP contribution < -0.4 is 9.64 Å². The molecule has 0 saturated carbocycles. The highest BCUT2D eigenvalue weighted by molar-refractivity contribution is 6.01. The van der Waals surface area contributed by atoms with Crippen LogP contribution in [0, 0.1) is 0 Å². The van der Waals surface area contributed by atoms with E-state index in [9.17, 15) is 9.60 Å². The molecule has 1 aliphatic carbocycles. The standard InChI is InChI=1S/C55H39NO/c1-55(2)51-20-12-11-19-45(51)46-28-26-43(34-52(46)55)56(42-24-21-38(22-25-42)36-13-5-3-6-14-36)44-27-29-47-48-31-39-17-9-10-18-40(39)32-49(48)50-33-41(37-15-7-4-8-16-37)23-30-53(50)57-54(47)35-44/h3-35H,1-2H3/i1D3,2D3,3D,5D,6D,11D,12D,13D,14D,19D,20D,21D,22D,24D,25D,26D,28D,34D. The van der Waals surface area contributed by atoms with Crippen molar-refractivity contribution in [1.29, 1.82) is 0 Å². The van der Waals surface area contributed by atoms with Crippen LogP contribution in [-0.2, 0) is 5.41 Å². The normalized spacial score (nSPS) is 18.9. The fraction of sp³-hybridized carbons (Fsp3) is 0.0545. The van der Waals surface area contributed by atoms with E-state index in [4.69, 9.17) is 25.3 Å². The van der Waals surface area contributed by atoms with Gasteiger partial charge in [-0.15, -0.1) is 0 Å². The van der Waals surface area contributed by atoms with E-state index in [1.54, 1.807) is 12.1 Å². The zero-order valence-electron chi connectivity index (χ0n) is 51.7. The number of hydrogen-bond acceptors (Lipinski definition) is 2. The topological polar surface area (TPSA) is 12.5 Å². The number of fused-ring (bicyclic) bond motifs is 9. The summed E-state index contributed by atoms with van der Waals surface area (Å²) in [5, 5.41) is 1.74. The van der Waals surface area contributed by atoms with Crippen LogP contribution in [0.4, 0.5) is 17.1 Å². The van der Waals surface area contributed by atoms with Gasteiger partial charge in [0.25, 0.3) is 0 Å². The van der Waals surface area contributed by atoms with E-state index in [1.165, 1.54) is 12.1 Å². The highest BCUT2D eigenvalue weighted by Crippen LogP contribution is 2.53. The summed E-state index contributed by atoms with van der Waals surface area (Å²) in [6, 6.07) is 15.9. The van der Waals surface area contributed by atoms with E-state index in [-0.39, 0.29) is 11.4 Å². The fourth-order valence-corrected chi connectivity index (χ4v) is 7.57. The molecule has 0 bridgehead atoms. The maximum absolute atomic E-state index is 10.1. The van der Waals surface area contributed by atoms with E-state index in [0.717, 1.165) is 32.4 Å². The molecule has 9 aromatic carbocycles. The van der Waals surface area contributed by atoms with Crippen molar-refractivity contribution in [3.63, 3.8) is 0 Å². The van der Waals surface area contributed by atoms with Crippen LogP contribution in [0.25, 0.3) is 66.4 Å². The van der Waals surface area contributed by atoms with Crippen LogP contribution in [0.1, 0.15) is 55.0 Å². The summed E-state index contributed by atoms with van der Waals surface area (Å²) in [5.74, 6) is 0.425. The summed E-state index contributed by atoms with van der Waals surface area (Å²) in [7, 11) is 0. The van der Waals surface area contributed by atoms with Gasteiger partial charge in [0.15, 0.2) is 0 Å². The van der Waals surface area contributed by atoms with E-state index < -0.39 is 161 Å². The quantitative estimate of drug-likeness (QED) is 0.174. The molecule has 0 unspecified atom stereocenters. The third-order valence-corrected chi connectivity index (χ3v) is 10.3. The lowest BCUT2D eigenvalue weighted by Gasteiger charge is -2.29. The predicted molar refractivity (Wildman–Crippen MR) is 238 cm³/mol. The molecule has 2 heteroatoms. The number of ether oxygens (including phenoxy) is 1. The Balaban J connectivity index is 1.27. The Morgan fingerprint density at radius 3 is 1.91 bits per heavy atom. The Kier molecular flexibility index (Phi) is 4.04. The Hall–Kier alpha value is -7.16. The molecule has 0 spiro atoms. The molecule has 0 N–H and O–H groups in total. The van der Waals surface area contributed by atoms with Gasteiger partial charge in [-0.05, 0) is 127 Å². The number of hydrogen-bond donors (Lipinski definition) is 0. The Morgan fingerprint density at radius 1 is 0.439 bits per heavy atom. The summed E-state index contributed by atoms with van der Waals surface area (Å²) in [6.45, 7) is -7.61. The van der Waals surface area contributed by atoms with E-state index >= 15 is 0 Å². The van der Waals surface area contributed by atoms with Crippen molar-refractivity contribution < 1.29 is 34.9 Å². The van der Waals surface area contributed by atoms with Gasteiger partial charge in [-0.1, -0.05) is 147 Å². The highest BCUT2D eigenvalue weighted by atomic mass is 16.5. The lowest BCUT2D eigenvalue weighted by Crippen LogP contribution is -2.16. The lowest BCUT2D eigenvalue weighted by molar-refractivity contribution is 0.488. The molecular formula is C55H39NO. The molecule has 0 radical (unpaired) electrons. The zero-order valence-corrected chi connectivity index (χ0v) is 29.7. The minimum atomic E-state index is -3.80. The van der Waals surface area contributed by atoms with Crippen molar-refractivity contribution in [3.8, 4) is 67.1 Å².